The minimum absolute atomic E-state index is 0.0795. The number of rotatable bonds is 2. The van der Waals surface area contributed by atoms with Crippen LogP contribution in [0.1, 0.15) is 10.4 Å². The summed E-state index contributed by atoms with van der Waals surface area (Å²) in [5.41, 5.74) is 0.379. The number of halogens is 3. The van der Waals surface area contributed by atoms with Crippen molar-refractivity contribution in [3.8, 4) is 0 Å². The number of nitrogens with zero attached hydrogens (tertiary/aromatic N) is 3. The third kappa shape index (κ3) is 2.95. The molecule has 0 aliphatic carbocycles. The molecule has 18 heavy (non-hydrogen) atoms. The second-order valence-electron chi connectivity index (χ2n) is 3.15. The second kappa shape index (κ2) is 5.60. The van der Waals surface area contributed by atoms with Crippen molar-refractivity contribution in [1.29, 1.82) is 0 Å². The Kier molecular flexibility index (Phi) is 4.11. The molecule has 1 N–H and O–H groups in total. The summed E-state index contributed by atoms with van der Waals surface area (Å²) < 4.78 is 0.641. The van der Waals surface area contributed by atoms with Crippen molar-refractivity contribution in [3.05, 3.63) is 45.0 Å². The lowest BCUT2D eigenvalue weighted by molar-refractivity contribution is 0.102. The van der Waals surface area contributed by atoms with E-state index in [0.29, 0.717) is 10.2 Å². The molecular formula is C10H5BrCl2N4O. The highest BCUT2D eigenvalue weighted by Crippen LogP contribution is 2.25. The van der Waals surface area contributed by atoms with Gasteiger partial charge in [0.25, 0.3) is 5.91 Å². The van der Waals surface area contributed by atoms with Crippen LogP contribution in [0.15, 0.2) is 29.3 Å². The Bertz CT molecular complexity index is 591. The van der Waals surface area contributed by atoms with Crippen molar-refractivity contribution < 1.29 is 4.79 Å². The third-order valence-electron chi connectivity index (χ3n) is 1.97. The van der Waals surface area contributed by atoms with Gasteiger partial charge in [0, 0.05) is 6.20 Å². The van der Waals surface area contributed by atoms with Crippen LogP contribution in [0.25, 0.3) is 0 Å². The molecule has 0 saturated heterocycles. The van der Waals surface area contributed by atoms with E-state index < -0.39 is 0 Å². The summed E-state index contributed by atoms with van der Waals surface area (Å²) in [6, 6.07) is 3.27. The van der Waals surface area contributed by atoms with E-state index in [1.165, 1.54) is 12.5 Å². The quantitative estimate of drug-likeness (QED) is 0.669. The van der Waals surface area contributed by atoms with Crippen molar-refractivity contribution >= 4 is 50.9 Å². The standard InChI is InChI=1S/C10H5BrCl2N4O/c11-6-2-1-5(3-14-6)10(18)17-9-7(12)8(13)15-4-16-9/h1-4H,(H,15,16,17,18). The van der Waals surface area contributed by atoms with Crippen LogP contribution in [0.2, 0.25) is 10.2 Å². The number of carbonyl (C=O) groups excluding carboxylic acids is 1. The number of aromatic nitrogens is 3. The number of carbonyl (C=O) groups is 1. The smallest absolute Gasteiger partial charge is 0.258 e. The number of hydrogen-bond acceptors (Lipinski definition) is 4. The first-order chi connectivity index (χ1) is 8.58. The zero-order valence-electron chi connectivity index (χ0n) is 8.69. The van der Waals surface area contributed by atoms with Gasteiger partial charge >= 0.3 is 0 Å². The van der Waals surface area contributed by atoms with E-state index in [1.54, 1.807) is 12.1 Å². The van der Waals surface area contributed by atoms with Crippen LogP contribution in [0.3, 0.4) is 0 Å². The van der Waals surface area contributed by atoms with Crippen LogP contribution in [-0.4, -0.2) is 20.9 Å². The molecule has 92 valence electrons. The highest BCUT2D eigenvalue weighted by molar-refractivity contribution is 9.10. The van der Waals surface area contributed by atoms with E-state index >= 15 is 0 Å². The molecule has 0 spiro atoms. The number of anilines is 1. The number of hydrogen-bond donors (Lipinski definition) is 1. The first kappa shape index (κ1) is 13.2. The maximum atomic E-state index is 11.9. The maximum absolute atomic E-state index is 11.9. The highest BCUT2D eigenvalue weighted by Gasteiger charge is 2.12. The average molecular weight is 348 g/mol. The predicted molar refractivity (Wildman–Crippen MR) is 71.9 cm³/mol. The lowest BCUT2D eigenvalue weighted by Gasteiger charge is -2.06. The molecule has 0 aromatic carbocycles. The first-order valence-electron chi connectivity index (χ1n) is 4.67. The molecule has 0 aliphatic heterocycles. The van der Waals surface area contributed by atoms with Gasteiger partial charge in [-0.3, -0.25) is 4.79 Å². The summed E-state index contributed by atoms with van der Waals surface area (Å²) in [6.07, 6.45) is 2.64. The topological polar surface area (TPSA) is 67.8 Å². The molecule has 1 amide bonds. The Balaban J connectivity index is 2.21. The molecule has 0 unspecified atom stereocenters. The zero-order valence-corrected chi connectivity index (χ0v) is 11.8. The van der Waals surface area contributed by atoms with Crippen LogP contribution in [0, 0.1) is 0 Å². The Morgan fingerprint density at radius 2 is 2.00 bits per heavy atom. The van der Waals surface area contributed by atoms with E-state index in [1.807, 2.05) is 0 Å². The van der Waals surface area contributed by atoms with Gasteiger partial charge in [0.05, 0.1) is 5.56 Å². The van der Waals surface area contributed by atoms with Gasteiger partial charge in [-0.25, -0.2) is 15.0 Å². The lowest BCUT2D eigenvalue weighted by Crippen LogP contribution is -2.13. The van der Waals surface area contributed by atoms with Crippen LogP contribution in [-0.2, 0) is 0 Å². The van der Waals surface area contributed by atoms with Crippen molar-refractivity contribution in [3.63, 3.8) is 0 Å². The molecule has 2 aromatic rings. The van der Waals surface area contributed by atoms with E-state index in [9.17, 15) is 4.79 Å². The SMILES string of the molecule is O=C(Nc1ncnc(Cl)c1Cl)c1ccc(Br)nc1. The fourth-order valence-electron chi connectivity index (χ4n) is 1.13. The van der Waals surface area contributed by atoms with E-state index in [-0.39, 0.29) is 21.9 Å². The molecule has 5 nitrogen and oxygen atoms in total. The zero-order chi connectivity index (χ0) is 13.1. The monoisotopic (exact) mass is 346 g/mol. The second-order valence-corrected chi connectivity index (χ2v) is 4.70. The molecule has 8 heteroatoms. The van der Waals surface area contributed by atoms with Crippen LogP contribution in [0.5, 0.6) is 0 Å². The molecule has 0 atom stereocenters. The highest BCUT2D eigenvalue weighted by atomic mass is 79.9. The Hall–Kier alpha value is -1.24. The summed E-state index contributed by atoms with van der Waals surface area (Å²) in [4.78, 5) is 23.3. The average Bonchev–Trinajstić information content (AvgIpc) is 2.36. The summed E-state index contributed by atoms with van der Waals surface area (Å²) in [7, 11) is 0. The van der Waals surface area contributed by atoms with Gasteiger partial charge in [0.15, 0.2) is 11.0 Å². The fourth-order valence-corrected chi connectivity index (χ4v) is 1.64. The van der Waals surface area contributed by atoms with Gasteiger partial charge in [0.1, 0.15) is 16.0 Å². The minimum Gasteiger partial charge on any atom is -0.305 e. The van der Waals surface area contributed by atoms with Crippen molar-refractivity contribution in [2.75, 3.05) is 5.32 Å². The summed E-state index contributed by atoms with van der Waals surface area (Å²) in [5, 5.41) is 2.70. The molecule has 2 rings (SSSR count). The molecule has 0 aliphatic rings. The van der Waals surface area contributed by atoms with Crippen molar-refractivity contribution in [2.24, 2.45) is 0 Å². The molecule has 0 saturated carbocycles. The van der Waals surface area contributed by atoms with Crippen molar-refractivity contribution in [2.45, 2.75) is 0 Å². The Labute approximate surface area is 121 Å². The van der Waals surface area contributed by atoms with Gasteiger partial charge in [-0.05, 0) is 28.1 Å². The van der Waals surface area contributed by atoms with Gasteiger partial charge in [-0.15, -0.1) is 0 Å². The first-order valence-corrected chi connectivity index (χ1v) is 6.21. The molecule has 0 radical (unpaired) electrons. The molecule has 2 heterocycles. The van der Waals surface area contributed by atoms with Gasteiger partial charge < -0.3 is 5.32 Å². The summed E-state index contributed by atoms with van der Waals surface area (Å²) in [5.74, 6) is -0.226. The van der Waals surface area contributed by atoms with Gasteiger partial charge in [-0.2, -0.15) is 0 Å². The Morgan fingerprint density at radius 1 is 1.22 bits per heavy atom. The normalized spacial score (nSPS) is 10.2. The number of nitrogens with one attached hydrogen (secondary N) is 1. The van der Waals surface area contributed by atoms with Gasteiger partial charge in [0.2, 0.25) is 0 Å². The van der Waals surface area contributed by atoms with Gasteiger partial charge in [-0.1, -0.05) is 23.2 Å². The molecular weight excluding hydrogens is 343 g/mol. The molecule has 0 bridgehead atoms. The molecule has 2 aromatic heterocycles. The third-order valence-corrected chi connectivity index (χ3v) is 3.18. The van der Waals surface area contributed by atoms with E-state index in [4.69, 9.17) is 23.2 Å². The fraction of sp³-hybridized carbons (Fsp3) is 0. The van der Waals surface area contributed by atoms with Crippen LogP contribution < -0.4 is 5.32 Å². The van der Waals surface area contributed by atoms with Crippen LogP contribution in [0.4, 0.5) is 5.82 Å². The minimum atomic E-state index is -0.383. The largest absolute Gasteiger partial charge is 0.305 e. The number of pyridine rings is 1. The number of amides is 1. The predicted octanol–water partition coefficient (Wildman–Crippen LogP) is 3.19. The van der Waals surface area contributed by atoms with E-state index in [0.717, 1.165) is 0 Å². The Morgan fingerprint density at radius 3 is 2.67 bits per heavy atom. The lowest BCUT2D eigenvalue weighted by atomic mass is 10.3. The van der Waals surface area contributed by atoms with E-state index in [2.05, 4.69) is 36.2 Å². The van der Waals surface area contributed by atoms with Crippen LogP contribution >= 0.6 is 39.1 Å². The molecule has 0 fully saturated rings. The summed E-state index contributed by atoms with van der Waals surface area (Å²) >= 11 is 14.7. The maximum Gasteiger partial charge on any atom is 0.258 e. The van der Waals surface area contributed by atoms with Crippen molar-refractivity contribution in [1.82, 2.24) is 15.0 Å². The summed E-state index contributed by atoms with van der Waals surface area (Å²) in [6.45, 7) is 0.